The summed E-state index contributed by atoms with van der Waals surface area (Å²) >= 11 is 5.88. The fourth-order valence-electron chi connectivity index (χ4n) is 1.69. The largest absolute Gasteiger partial charge is 0.494 e. The lowest BCUT2D eigenvalue weighted by atomic mass is 10.0. The molecule has 92 valence electrons. The molecule has 2 rings (SSSR count). The predicted molar refractivity (Wildman–Crippen MR) is 72.5 cm³/mol. The molecule has 0 aliphatic rings. The van der Waals surface area contributed by atoms with Gasteiger partial charge in [0, 0.05) is 16.1 Å². The van der Waals surface area contributed by atoms with E-state index in [-0.39, 0.29) is 5.78 Å². The molecule has 3 heteroatoms. The van der Waals surface area contributed by atoms with E-state index in [2.05, 4.69) is 0 Å². The Hall–Kier alpha value is -1.80. The van der Waals surface area contributed by atoms with Gasteiger partial charge in [-0.3, -0.25) is 4.79 Å². The Kier molecular flexibility index (Phi) is 4.00. The number of benzene rings is 2. The van der Waals surface area contributed by atoms with Crippen molar-refractivity contribution in [2.75, 3.05) is 6.61 Å². The number of hydrogen-bond acceptors (Lipinski definition) is 2. The molecule has 0 spiro atoms. The summed E-state index contributed by atoms with van der Waals surface area (Å²) in [5, 5.41) is 0.557. The first-order valence-electron chi connectivity index (χ1n) is 5.74. The molecule has 2 aromatic rings. The van der Waals surface area contributed by atoms with Crippen LogP contribution in [0.4, 0.5) is 0 Å². The molecule has 0 N–H and O–H groups in total. The van der Waals surface area contributed by atoms with Crippen molar-refractivity contribution in [3.63, 3.8) is 0 Å². The highest BCUT2D eigenvalue weighted by Gasteiger charge is 2.10. The van der Waals surface area contributed by atoms with Crippen molar-refractivity contribution < 1.29 is 9.53 Å². The van der Waals surface area contributed by atoms with Gasteiger partial charge in [-0.15, -0.1) is 0 Å². The van der Waals surface area contributed by atoms with Crippen LogP contribution in [0.1, 0.15) is 22.8 Å². The van der Waals surface area contributed by atoms with E-state index >= 15 is 0 Å². The summed E-state index contributed by atoms with van der Waals surface area (Å²) in [6.45, 7) is 2.49. The lowest BCUT2D eigenvalue weighted by molar-refractivity contribution is 0.103. The lowest BCUT2D eigenvalue weighted by Crippen LogP contribution is -2.02. The molecule has 0 radical (unpaired) electrons. The zero-order chi connectivity index (χ0) is 13.0. The van der Waals surface area contributed by atoms with Crippen LogP contribution in [0, 0.1) is 0 Å². The number of ether oxygens (including phenoxy) is 1. The smallest absolute Gasteiger partial charge is 0.193 e. The summed E-state index contributed by atoms with van der Waals surface area (Å²) in [6.07, 6.45) is 0. The molecule has 0 heterocycles. The topological polar surface area (TPSA) is 26.3 Å². The van der Waals surface area contributed by atoms with Crippen LogP contribution in [0.2, 0.25) is 5.02 Å². The van der Waals surface area contributed by atoms with Crippen LogP contribution in [0.5, 0.6) is 5.75 Å². The molecule has 0 bridgehead atoms. The zero-order valence-corrected chi connectivity index (χ0v) is 10.8. The maximum atomic E-state index is 12.2. The van der Waals surface area contributed by atoms with E-state index in [1.165, 1.54) is 0 Å². The number of carbonyl (C=O) groups excluding carboxylic acids is 1. The summed E-state index contributed by atoms with van der Waals surface area (Å²) in [5.41, 5.74) is 1.18. The Bertz CT molecular complexity index is 564. The third kappa shape index (κ3) is 2.90. The quantitative estimate of drug-likeness (QED) is 0.778. The predicted octanol–water partition coefficient (Wildman–Crippen LogP) is 3.97. The van der Waals surface area contributed by atoms with E-state index < -0.39 is 0 Å². The van der Waals surface area contributed by atoms with Crippen molar-refractivity contribution in [2.24, 2.45) is 0 Å². The molecule has 0 aromatic heterocycles. The molecule has 2 nitrogen and oxygen atoms in total. The second-order valence-corrected chi connectivity index (χ2v) is 4.24. The van der Waals surface area contributed by atoms with Crippen molar-refractivity contribution in [2.45, 2.75) is 6.92 Å². The van der Waals surface area contributed by atoms with Gasteiger partial charge in [0.25, 0.3) is 0 Å². The molecule has 0 unspecified atom stereocenters. The minimum absolute atomic E-state index is 0.0564. The first kappa shape index (κ1) is 12.7. The van der Waals surface area contributed by atoms with Gasteiger partial charge in [-0.1, -0.05) is 35.9 Å². The average molecular weight is 261 g/mol. The average Bonchev–Trinajstić information content (AvgIpc) is 2.39. The van der Waals surface area contributed by atoms with E-state index in [1.807, 2.05) is 19.1 Å². The van der Waals surface area contributed by atoms with E-state index in [4.69, 9.17) is 16.3 Å². The molecule has 18 heavy (non-hydrogen) atoms. The minimum atomic E-state index is -0.0564. The van der Waals surface area contributed by atoms with Gasteiger partial charge in [0.15, 0.2) is 5.78 Å². The Morgan fingerprint density at radius 2 is 1.78 bits per heavy atom. The lowest BCUT2D eigenvalue weighted by Gasteiger charge is -2.05. The third-order valence-corrected chi connectivity index (χ3v) is 2.73. The summed E-state index contributed by atoms with van der Waals surface area (Å²) in [4.78, 5) is 12.2. The van der Waals surface area contributed by atoms with Gasteiger partial charge in [-0.2, -0.15) is 0 Å². The van der Waals surface area contributed by atoms with Crippen LogP contribution in [0.25, 0.3) is 0 Å². The molecular formula is C15H13ClO2. The third-order valence-electron chi connectivity index (χ3n) is 2.49. The monoisotopic (exact) mass is 260 g/mol. The molecule has 0 saturated heterocycles. The first-order chi connectivity index (χ1) is 8.70. The zero-order valence-electron chi connectivity index (χ0n) is 10.0. The van der Waals surface area contributed by atoms with Crippen LogP contribution in [-0.2, 0) is 0 Å². The maximum Gasteiger partial charge on any atom is 0.193 e. The molecule has 0 saturated carbocycles. The van der Waals surface area contributed by atoms with E-state index in [0.29, 0.717) is 28.5 Å². The molecule has 0 fully saturated rings. The number of carbonyl (C=O) groups is 1. The highest BCUT2D eigenvalue weighted by molar-refractivity contribution is 6.31. The molecule has 0 amide bonds. The first-order valence-corrected chi connectivity index (χ1v) is 6.11. The van der Waals surface area contributed by atoms with Crippen molar-refractivity contribution >= 4 is 17.4 Å². The van der Waals surface area contributed by atoms with Gasteiger partial charge in [-0.05, 0) is 31.2 Å². The molecule has 0 aliphatic carbocycles. The van der Waals surface area contributed by atoms with E-state index in [1.54, 1.807) is 36.4 Å². The fourth-order valence-corrected chi connectivity index (χ4v) is 1.88. The maximum absolute atomic E-state index is 12.2. The highest BCUT2D eigenvalue weighted by atomic mass is 35.5. The fraction of sp³-hybridized carbons (Fsp3) is 0.133. The molecule has 2 aromatic carbocycles. The summed E-state index contributed by atoms with van der Waals surface area (Å²) in [6, 6.07) is 14.1. The van der Waals surface area contributed by atoms with Crippen molar-refractivity contribution in [3.8, 4) is 5.75 Å². The molecular weight excluding hydrogens is 248 g/mol. The van der Waals surface area contributed by atoms with Crippen LogP contribution in [0.15, 0.2) is 48.5 Å². The van der Waals surface area contributed by atoms with Gasteiger partial charge in [-0.25, -0.2) is 0 Å². The number of rotatable bonds is 4. The Balaban J connectivity index is 2.31. The van der Waals surface area contributed by atoms with Crippen LogP contribution in [0.3, 0.4) is 0 Å². The minimum Gasteiger partial charge on any atom is -0.494 e. The van der Waals surface area contributed by atoms with Crippen molar-refractivity contribution in [3.05, 3.63) is 64.7 Å². The van der Waals surface area contributed by atoms with Crippen molar-refractivity contribution in [1.29, 1.82) is 0 Å². The van der Waals surface area contributed by atoms with Crippen LogP contribution < -0.4 is 4.74 Å². The summed E-state index contributed by atoms with van der Waals surface area (Å²) in [7, 11) is 0. The van der Waals surface area contributed by atoms with E-state index in [0.717, 1.165) is 0 Å². The molecule has 0 aliphatic heterocycles. The van der Waals surface area contributed by atoms with Gasteiger partial charge in [0.1, 0.15) is 5.75 Å². The second kappa shape index (κ2) is 5.69. The standard InChI is InChI=1S/C15H13ClO2/c1-2-18-14-8-4-6-12(10-14)15(17)11-5-3-7-13(16)9-11/h3-10H,2H2,1H3. The number of hydrogen-bond donors (Lipinski definition) is 0. The number of ketones is 1. The highest BCUT2D eigenvalue weighted by Crippen LogP contribution is 2.18. The number of halogens is 1. The van der Waals surface area contributed by atoms with Gasteiger partial charge >= 0.3 is 0 Å². The van der Waals surface area contributed by atoms with Crippen LogP contribution in [-0.4, -0.2) is 12.4 Å². The molecule has 0 atom stereocenters. The van der Waals surface area contributed by atoms with Gasteiger partial charge in [0.05, 0.1) is 6.61 Å². The normalized spacial score (nSPS) is 10.1. The SMILES string of the molecule is CCOc1cccc(C(=O)c2cccc(Cl)c2)c1. The van der Waals surface area contributed by atoms with Gasteiger partial charge in [0.2, 0.25) is 0 Å². The van der Waals surface area contributed by atoms with Crippen LogP contribution >= 0.6 is 11.6 Å². The van der Waals surface area contributed by atoms with Crippen molar-refractivity contribution in [1.82, 2.24) is 0 Å². The second-order valence-electron chi connectivity index (χ2n) is 3.80. The summed E-state index contributed by atoms with van der Waals surface area (Å²) in [5.74, 6) is 0.643. The summed E-state index contributed by atoms with van der Waals surface area (Å²) < 4.78 is 5.38. The van der Waals surface area contributed by atoms with E-state index in [9.17, 15) is 4.79 Å². The Labute approximate surface area is 111 Å². The van der Waals surface area contributed by atoms with Gasteiger partial charge < -0.3 is 4.74 Å². The Morgan fingerprint density at radius 1 is 1.11 bits per heavy atom. The Morgan fingerprint density at radius 3 is 2.44 bits per heavy atom.